The van der Waals surface area contributed by atoms with Crippen LogP contribution in [0.2, 0.25) is 5.28 Å². The number of nitrogens with two attached hydrogens (primary N) is 1. The minimum absolute atomic E-state index is 0.000727. The van der Waals surface area contributed by atoms with Crippen molar-refractivity contribution in [3.63, 3.8) is 0 Å². The van der Waals surface area contributed by atoms with E-state index in [0.717, 1.165) is 0 Å². The second-order valence-corrected chi connectivity index (χ2v) is 4.01. The molecule has 1 atom stereocenters. The molecular weight excluding hydrogens is 246 g/mol. The van der Waals surface area contributed by atoms with Crippen LogP contribution in [0.15, 0.2) is 0 Å². The number of halogens is 1. The van der Waals surface area contributed by atoms with Crippen LogP contribution in [-0.2, 0) is 9.53 Å². The van der Waals surface area contributed by atoms with E-state index in [1.165, 1.54) is 7.11 Å². The van der Waals surface area contributed by atoms with Crippen molar-refractivity contribution in [2.45, 2.75) is 19.9 Å². The predicted molar refractivity (Wildman–Crippen MR) is 63.5 cm³/mol. The van der Waals surface area contributed by atoms with Gasteiger partial charge >= 0.3 is 5.97 Å². The molecule has 0 aliphatic rings. The molecule has 0 amide bonds. The van der Waals surface area contributed by atoms with Gasteiger partial charge in [0.05, 0.1) is 7.11 Å². The molecule has 94 valence electrons. The van der Waals surface area contributed by atoms with Gasteiger partial charge in [0.2, 0.25) is 17.2 Å². The number of nitrogens with one attached hydrogen (secondary N) is 1. The fourth-order valence-electron chi connectivity index (χ4n) is 1.19. The minimum atomic E-state index is -0.571. The largest absolute Gasteiger partial charge is 0.467 e. The van der Waals surface area contributed by atoms with Crippen LogP contribution in [0.25, 0.3) is 0 Å². The number of hydrogen-bond acceptors (Lipinski definition) is 7. The number of methoxy groups -OCH3 is 1. The predicted octanol–water partition coefficient (Wildman–Crippen LogP) is 0.717. The van der Waals surface area contributed by atoms with Gasteiger partial charge in [-0.2, -0.15) is 15.0 Å². The Bertz CT molecular complexity index is 392. The Morgan fingerprint density at radius 2 is 2.06 bits per heavy atom. The van der Waals surface area contributed by atoms with Gasteiger partial charge in [-0.3, -0.25) is 0 Å². The Kier molecular flexibility index (Phi) is 4.45. The van der Waals surface area contributed by atoms with Gasteiger partial charge in [0.1, 0.15) is 6.04 Å². The lowest BCUT2D eigenvalue weighted by Crippen LogP contribution is -2.36. The number of nitrogen functional groups attached to an aromatic ring is 1. The van der Waals surface area contributed by atoms with Crippen molar-refractivity contribution in [1.29, 1.82) is 0 Å². The van der Waals surface area contributed by atoms with E-state index in [9.17, 15) is 4.79 Å². The average molecular weight is 260 g/mol. The summed E-state index contributed by atoms with van der Waals surface area (Å²) in [6.07, 6.45) is 0. The van der Waals surface area contributed by atoms with Crippen LogP contribution < -0.4 is 11.1 Å². The van der Waals surface area contributed by atoms with Crippen molar-refractivity contribution in [3.05, 3.63) is 5.28 Å². The molecule has 0 spiro atoms. The van der Waals surface area contributed by atoms with E-state index in [0.29, 0.717) is 0 Å². The number of hydrogen-bond donors (Lipinski definition) is 2. The fraction of sp³-hybridized carbons (Fsp3) is 0.556. The van der Waals surface area contributed by atoms with Crippen LogP contribution in [0.3, 0.4) is 0 Å². The smallest absolute Gasteiger partial charge is 0.328 e. The molecule has 7 nitrogen and oxygen atoms in total. The Balaban J connectivity index is 2.89. The number of rotatable bonds is 4. The summed E-state index contributed by atoms with van der Waals surface area (Å²) in [5, 5.41) is 2.77. The molecule has 0 radical (unpaired) electrons. The van der Waals surface area contributed by atoms with Crippen molar-refractivity contribution in [2.75, 3.05) is 18.2 Å². The molecule has 0 aromatic carbocycles. The molecular formula is C9H14ClN5O2. The quantitative estimate of drug-likeness (QED) is 0.768. The van der Waals surface area contributed by atoms with Crippen molar-refractivity contribution in [3.8, 4) is 0 Å². The van der Waals surface area contributed by atoms with Gasteiger partial charge in [-0.15, -0.1) is 0 Å². The molecule has 0 fully saturated rings. The summed E-state index contributed by atoms with van der Waals surface area (Å²) in [7, 11) is 1.31. The Hall–Kier alpha value is -1.63. The van der Waals surface area contributed by atoms with E-state index in [2.05, 4.69) is 25.0 Å². The summed E-state index contributed by atoms with van der Waals surface area (Å²) in [6.45, 7) is 3.72. The van der Waals surface area contributed by atoms with Gasteiger partial charge in [-0.05, 0) is 17.5 Å². The molecule has 1 aromatic heterocycles. The third kappa shape index (κ3) is 3.70. The maximum atomic E-state index is 11.5. The number of esters is 1. The zero-order valence-corrected chi connectivity index (χ0v) is 10.5. The van der Waals surface area contributed by atoms with Crippen molar-refractivity contribution in [1.82, 2.24) is 15.0 Å². The third-order valence-corrected chi connectivity index (χ3v) is 2.20. The number of carbonyl (C=O) groups is 1. The van der Waals surface area contributed by atoms with Crippen molar-refractivity contribution < 1.29 is 9.53 Å². The highest BCUT2D eigenvalue weighted by Crippen LogP contribution is 2.12. The monoisotopic (exact) mass is 259 g/mol. The zero-order chi connectivity index (χ0) is 13.0. The van der Waals surface area contributed by atoms with Crippen molar-refractivity contribution in [2.24, 2.45) is 5.92 Å². The first-order valence-corrected chi connectivity index (χ1v) is 5.33. The lowest BCUT2D eigenvalue weighted by molar-refractivity contribution is -0.142. The Morgan fingerprint density at radius 3 is 2.53 bits per heavy atom. The third-order valence-electron chi connectivity index (χ3n) is 2.03. The molecule has 8 heteroatoms. The highest BCUT2D eigenvalue weighted by atomic mass is 35.5. The van der Waals surface area contributed by atoms with Crippen LogP contribution in [-0.4, -0.2) is 34.1 Å². The lowest BCUT2D eigenvalue weighted by atomic mass is 10.1. The summed E-state index contributed by atoms with van der Waals surface area (Å²) >= 11 is 5.63. The minimum Gasteiger partial charge on any atom is -0.467 e. The summed E-state index contributed by atoms with van der Waals surface area (Å²) < 4.78 is 4.67. The van der Waals surface area contributed by atoms with Gasteiger partial charge in [0.15, 0.2) is 0 Å². The topological polar surface area (TPSA) is 103 Å². The van der Waals surface area contributed by atoms with Gasteiger partial charge < -0.3 is 15.8 Å². The van der Waals surface area contributed by atoms with E-state index in [1.54, 1.807) is 0 Å². The molecule has 1 rings (SSSR count). The van der Waals surface area contributed by atoms with Gasteiger partial charge in [-0.25, -0.2) is 4.79 Å². The first-order chi connectivity index (χ1) is 7.93. The SMILES string of the molecule is COC(=O)C(Nc1nc(N)nc(Cl)n1)C(C)C. The van der Waals surface area contributed by atoms with Crippen LogP contribution in [0.4, 0.5) is 11.9 Å². The number of ether oxygens (including phenoxy) is 1. The zero-order valence-electron chi connectivity index (χ0n) is 9.77. The standard InChI is InChI=1S/C9H14ClN5O2/c1-4(2)5(6(16)17-3)12-9-14-7(10)13-8(11)15-9/h4-5H,1-3H3,(H3,11,12,13,14,15). The number of anilines is 2. The van der Waals surface area contributed by atoms with E-state index >= 15 is 0 Å². The lowest BCUT2D eigenvalue weighted by Gasteiger charge is -2.19. The van der Waals surface area contributed by atoms with Gasteiger partial charge in [0, 0.05) is 0 Å². The number of nitrogens with zero attached hydrogens (tertiary/aromatic N) is 3. The van der Waals surface area contributed by atoms with E-state index < -0.39 is 12.0 Å². The summed E-state index contributed by atoms with van der Waals surface area (Å²) in [6, 6.07) is -0.571. The molecule has 1 aromatic rings. The van der Waals surface area contributed by atoms with Gasteiger partial charge in [-0.1, -0.05) is 13.8 Å². The Labute approximate surface area is 104 Å². The summed E-state index contributed by atoms with van der Waals surface area (Å²) in [4.78, 5) is 22.8. The molecule has 3 N–H and O–H groups in total. The molecule has 1 unspecified atom stereocenters. The maximum Gasteiger partial charge on any atom is 0.328 e. The number of carbonyl (C=O) groups excluding carboxylic acids is 1. The molecule has 0 bridgehead atoms. The molecule has 0 aliphatic heterocycles. The van der Waals surface area contributed by atoms with Crippen LogP contribution >= 0.6 is 11.6 Å². The van der Waals surface area contributed by atoms with Crippen LogP contribution in [0.5, 0.6) is 0 Å². The van der Waals surface area contributed by atoms with Crippen LogP contribution in [0.1, 0.15) is 13.8 Å². The van der Waals surface area contributed by atoms with E-state index in [-0.39, 0.29) is 23.1 Å². The fourth-order valence-corrected chi connectivity index (χ4v) is 1.36. The van der Waals surface area contributed by atoms with Crippen molar-refractivity contribution >= 4 is 29.5 Å². The highest BCUT2D eigenvalue weighted by Gasteiger charge is 2.24. The molecule has 17 heavy (non-hydrogen) atoms. The number of aromatic nitrogens is 3. The second-order valence-electron chi connectivity index (χ2n) is 3.68. The van der Waals surface area contributed by atoms with E-state index in [1.807, 2.05) is 13.8 Å². The summed E-state index contributed by atoms with van der Waals surface area (Å²) in [5.41, 5.74) is 5.42. The molecule has 1 heterocycles. The highest BCUT2D eigenvalue weighted by molar-refractivity contribution is 6.28. The normalized spacial score (nSPS) is 12.3. The Morgan fingerprint density at radius 1 is 1.41 bits per heavy atom. The second kappa shape index (κ2) is 5.62. The maximum absolute atomic E-state index is 11.5. The van der Waals surface area contributed by atoms with Gasteiger partial charge in [0.25, 0.3) is 0 Å². The van der Waals surface area contributed by atoms with E-state index in [4.69, 9.17) is 17.3 Å². The van der Waals surface area contributed by atoms with Crippen LogP contribution in [0, 0.1) is 5.92 Å². The average Bonchev–Trinajstić information content (AvgIpc) is 2.23. The molecule has 0 aliphatic carbocycles. The summed E-state index contributed by atoms with van der Waals surface area (Å²) in [5.74, 6) is -0.277. The molecule has 0 saturated carbocycles. The first-order valence-electron chi connectivity index (χ1n) is 4.95. The first kappa shape index (κ1) is 13.4. The molecule has 0 saturated heterocycles.